The minimum absolute atomic E-state index is 0.422. The first-order valence-corrected chi connectivity index (χ1v) is 4.55. The maximum absolute atomic E-state index is 8.47. The second-order valence-corrected chi connectivity index (χ2v) is 3.35. The van der Waals surface area contributed by atoms with E-state index in [0.29, 0.717) is 12.5 Å². The lowest BCUT2D eigenvalue weighted by atomic mass is 10.2. The van der Waals surface area contributed by atoms with E-state index in [1.54, 1.807) is 0 Å². The van der Waals surface area contributed by atoms with Gasteiger partial charge in [-0.15, -0.1) is 6.58 Å². The molecule has 2 heteroatoms. The van der Waals surface area contributed by atoms with Crippen LogP contribution in [-0.4, -0.2) is 23.5 Å². The van der Waals surface area contributed by atoms with Crippen molar-refractivity contribution >= 4 is 0 Å². The minimum atomic E-state index is 0.422. The summed E-state index contributed by atoms with van der Waals surface area (Å²) in [5.41, 5.74) is 0. The standard InChI is InChI=1S/C10H16N2/c1-3-9(2)12(8-4-7-11)10-5-6-10/h3,9-10H,1,4-6,8H2,2H3. The van der Waals surface area contributed by atoms with Gasteiger partial charge >= 0.3 is 0 Å². The monoisotopic (exact) mass is 164 g/mol. The molecule has 0 amide bonds. The van der Waals surface area contributed by atoms with E-state index in [1.807, 2.05) is 6.08 Å². The van der Waals surface area contributed by atoms with Gasteiger partial charge in [-0.25, -0.2) is 0 Å². The predicted octanol–water partition coefficient (Wildman–Crippen LogP) is 1.94. The van der Waals surface area contributed by atoms with Gasteiger partial charge in [0, 0.05) is 25.0 Å². The summed E-state index contributed by atoms with van der Waals surface area (Å²) in [6.07, 6.45) is 5.18. The van der Waals surface area contributed by atoms with Crippen LogP contribution in [-0.2, 0) is 0 Å². The summed E-state index contributed by atoms with van der Waals surface area (Å²) in [4.78, 5) is 2.37. The molecule has 0 bridgehead atoms. The Morgan fingerprint density at radius 3 is 2.83 bits per heavy atom. The van der Waals surface area contributed by atoms with Gasteiger partial charge in [-0.1, -0.05) is 6.08 Å². The third-order valence-corrected chi connectivity index (χ3v) is 2.36. The van der Waals surface area contributed by atoms with Crippen molar-refractivity contribution in [3.63, 3.8) is 0 Å². The van der Waals surface area contributed by atoms with Crippen LogP contribution in [0.4, 0.5) is 0 Å². The normalized spacial score (nSPS) is 18.8. The van der Waals surface area contributed by atoms with Gasteiger partial charge in [0.05, 0.1) is 6.07 Å². The fourth-order valence-corrected chi connectivity index (χ4v) is 1.44. The molecule has 0 N–H and O–H groups in total. The summed E-state index contributed by atoms with van der Waals surface area (Å²) in [5.74, 6) is 0. The largest absolute Gasteiger partial charge is 0.293 e. The second-order valence-electron chi connectivity index (χ2n) is 3.35. The number of rotatable bonds is 5. The lowest BCUT2D eigenvalue weighted by Crippen LogP contribution is -2.34. The molecule has 1 fully saturated rings. The molecule has 0 heterocycles. The van der Waals surface area contributed by atoms with Crippen LogP contribution in [0.25, 0.3) is 0 Å². The first-order chi connectivity index (χ1) is 5.79. The Labute approximate surface area is 74.5 Å². The third-order valence-electron chi connectivity index (χ3n) is 2.36. The molecule has 0 spiro atoms. The quantitative estimate of drug-likeness (QED) is 0.581. The molecule has 1 atom stereocenters. The van der Waals surface area contributed by atoms with Gasteiger partial charge in [-0.05, 0) is 19.8 Å². The van der Waals surface area contributed by atoms with Gasteiger partial charge in [-0.2, -0.15) is 5.26 Å². The molecule has 2 nitrogen and oxygen atoms in total. The SMILES string of the molecule is C=CC(C)N(CCC#N)C1CC1. The zero-order valence-electron chi connectivity index (χ0n) is 7.66. The Morgan fingerprint density at radius 1 is 1.75 bits per heavy atom. The highest BCUT2D eigenvalue weighted by atomic mass is 15.2. The van der Waals surface area contributed by atoms with E-state index >= 15 is 0 Å². The van der Waals surface area contributed by atoms with Crippen LogP contribution in [0.3, 0.4) is 0 Å². The van der Waals surface area contributed by atoms with Gasteiger partial charge in [0.25, 0.3) is 0 Å². The highest BCUT2D eigenvalue weighted by Gasteiger charge is 2.30. The summed E-state index contributed by atoms with van der Waals surface area (Å²) >= 11 is 0. The van der Waals surface area contributed by atoms with Crippen LogP contribution in [0.5, 0.6) is 0 Å². The fourth-order valence-electron chi connectivity index (χ4n) is 1.44. The summed E-state index contributed by atoms with van der Waals surface area (Å²) < 4.78 is 0. The van der Waals surface area contributed by atoms with E-state index < -0.39 is 0 Å². The summed E-state index contributed by atoms with van der Waals surface area (Å²) in [5, 5.41) is 8.47. The lowest BCUT2D eigenvalue weighted by molar-refractivity contribution is 0.236. The van der Waals surface area contributed by atoms with Crippen LogP contribution in [0.1, 0.15) is 26.2 Å². The number of hydrogen-bond acceptors (Lipinski definition) is 2. The minimum Gasteiger partial charge on any atom is -0.293 e. The zero-order chi connectivity index (χ0) is 8.97. The van der Waals surface area contributed by atoms with Gasteiger partial charge < -0.3 is 0 Å². The van der Waals surface area contributed by atoms with E-state index in [9.17, 15) is 0 Å². The Hall–Kier alpha value is -0.810. The van der Waals surface area contributed by atoms with Gasteiger partial charge in [0.2, 0.25) is 0 Å². The third kappa shape index (κ3) is 2.35. The molecule has 1 rings (SSSR count). The van der Waals surface area contributed by atoms with Crippen molar-refractivity contribution in [2.24, 2.45) is 0 Å². The molecule has 0 aliphatic heterocycles. The fraction of sp³-hybridized carbons (Fsp3) is 0.700. The molecular formula is C10H16N2. The average molecular weight is 164 g/mol. The smallest absolute Gasteiger partial charge is 0.0635 e. The molecular weight excluding hydrogens is 148 g/mol. The summed E-state index contributed by atoms with van der Waals surface area (Å²) in [7, 11) is 0. The van der Waals surface area contributed by atoms with Crippen molar-refractivity contribution in [2.75, 3.05) is 6.54 Å². The zero-order valence-corrected chi connectivity index (χ0v) is 7.66. The Kier molecular flexibility index (Phi) is 3.31. The Bertz CT molecular complexity index is 189. The molecule has 0 aromatic rings. The van der Waals surface area contributed by atoms with Crippen LogP contribution in [0.15, 0.2) is 12.7 Å². The van der Waals surface area contributed by atoms with Gasteiger partial charge in [-0.3, -0.25) is 4.90 Å². The van der Waals surface area contributed by atoms with Crippen molar-refractivity contribution in [1.82, 2.24) is 4.90 Å². The van der Waals surface area contributed by atoms with Gasteiger partial charge in [0.15, 0.2) is 0 Å². The molecule has 1 saturated carbocycles. The predicted molar refractivity (Wildman–Crippen MR) is 49.6 cm³/mol. The first kappa shape index (κ1) is 9.28. The molecule has 1 aliphatic carbocycles. The van der Waals surface area contributed by atoms with E-state index in [1.165, 1.54) is 12.8 Å². The van der Waals surface area contributed by atoms with Crippen LogP contribution < -0.4 is 0 Å². The molecule has 0 aromatic carbocycles. The van der Waals surface area contributed by atoms with E-state index in [4.69, 9.17) is 5.26 Å². The lowest BCUT2D eigenvalue weighted by Gasteiger charge is -2.25. The Morgan fingerprint density at radius 2 is 2.42 bits per heavy atom. The van der Waals surface area contributed by atoms with Crippen molar-refractivity contribution < 1.29 is 0 Å². The number of hydrogen-bond donors (Lipinski definition) is 0. The molecule has 0 saturated heterocycles. The van der Waals surface area contributed by atoms with Crippen LogP contribution >= 0.6 is 0 Å². The second kappa shape index (κ2) is 4.27. The maximum atomic E-state index is 8.47. The van der Waals surface area contributed by atoms with Crippen LogP contribution in [0, 0.1) is 11.3 Å². The number of nitrogens with zero attached hydrogens (tertiary/aromatic N) is 2. The van der Waals surface area contributed by atoms with E-state index in [2.05, 4.69) is 24.5 Å². The number of nitriles is 1. The molecule has 66 valence electrons. The van der Waals surface area contributed by atoms with Crippen molar-refractivity contribution in [3.05, 3.63) is 12.7 Å². The topological polar surface area (TPSA) is 27.0 Å². The summed E-state index contributed by atoms with van der Waals surface area (Å²) in [6.45, 7) is 6.81. The molecule has 1 aliphatic rings. The highest BCUT2D eigenvalue weighted by Crippen LogP contribution is 2.28. The average Bonchev–Trinajstić information content (AvgIpc) is 2.88. The van der Waals surface area contributed by atoms with Crippen LogP contribution in [0.2, 0.25) is 0 Å². The Balaban J connectivity index is 2.37. The summed E-state index contributed by atoms with van der Waals surface area (Å²) in [6, 6.07) is 3.33. The highest BCUT2D eigenvalue weighted by molar-refractivity contribution is 4.94. The van der Waals surface area contributed by atoms with Crippen molar-refractivity contribution in [3.8, 4) is 6.07 Å². The molecule has 0 aromatic heterocycles. The van der Waals surface area contributed by atoms with E-state index in [0.717, 1.165) is 12.6 Å². The van der Waals surface area contributed by atoms with E-state index in [-0.39, 0.29) is 0 Å². The van der Waals surface area contributed by atoms with Crippen molar-refractivity contribution in [1.29, 1.82) is 5.26 Å². The maximum Gasteiger partial charge on any atom is 0.0635 e. The molecule has 1 unspecified atom stereocenters. The molecule has 0 radical (unpaired) electrons. The molecule has 12 heavy (non-hydrogen) atoms. The van der Waals surface area contributed by atoms with Crippen molar-refractivity contribution in [2.45, 2.75) is 38.3 Å². The first-order valence-electron chi connectivity index (χ1n) is 4.55. The van der Waals surface area contributed by atoms with Gasteiger partial charge in [0.1, 0.15) is 0 Å².